The van der Waals surface area contributed by atoms with Crippen LogP contribution in [0.4, 0.5) is 0 Å². The average Bonchev–Trinajstić information content (AvgIpc) is 2.45. The molecule has 0 unspecified atom stereocenters. The maximum absolute atomic E-state index is 5.47. The molecule has 2 aromatic rings. The number of aryl methyl sites for hydroxylation is 3. The monoisotopic (exact) mass is 241 g/mol. The number of benzene rings is 1. The number of nitrogens with two attached hydrogens (primary N) is 1. The summed E-state index contributed by atoms with van der Waals surface area (Å²) >= 11 is 0. The Morgan fingerprint density at radius 2 is 1.44 bits per heavy atom. The van der Waals surface area contributed by atoms with Crippen molar-refractivity contribution in [2.45, 2.75) is 25.7 Å². The number of rotatable bonds is 6. The van der Waals surface area contributed by atoms with E-state index in [0.29, 0.717) is 6.54 Å². The number of hydrogen-bond acceptors (Lipinski definition) is 3. The van der Waals surface area contributed by atoms with Crippen LogP contribution in [0.5, 0.6) is 0 Å². The van der Waals surface area contributed by atoms with Crippen molar-refractivity contribution in [2.75, 3.05) is 6.54 Å². The van der Waals surface area contributed by atoms with E-state index in [9.17, 15) is 0 Å². The van der Waals surface area contributed by atoms with Crippen molar-refractivity contribution in [1.29, 1.82) is 0 Å². The summed E-state index contributed by atoms with van der Waals surface area (Å²) in [5.74, 6) is 0. The van der Waals surface area contributed by atoms with Crippen LogP contribution in [0.25, 0.3) is 0 Å². The predicted octanol–water partition coefficient (Wildman–Crippen LogP) is 2.15. The summed E-state index contributed by atoms with van der Waals surface area (Å²) in [4.78, 5) is 0. The lowest BCUT2D eigenvalue weighted by molar-refractivity contribution is 0.768. The zero-order valence-electron chi connectivity index (χ0n) is 10.5. The van der Waals surface area contributed by atoms with Crippen molar-refractivity contribution in [1.82, 2.24) is 10.2 Å². The topological polar surface area (TPSA) is 51.8 Å². The molecule has 0 aliphatic heterocycles. The smallest absolute Gasteiger partial charge is 0.0634 e. The number of hydrogen-bond donors (Lipinski definition) is 1. The number of nitrogens with zero attached hydrogens (tertiary/aromatic N) is 2. The van der Waals surface area contributed by atoms with Gasteiger partial charge in [0.1, 0.15) is 0 Å². The van der Waals surface area contributed by atoms with Crippen LogP contribution in [0.1, 0.15) is 23.4 Å². The second-order valence-electron chi connectivity index (χ2n) is 4.39. The molecule has 0 fully saturated rings. The molecule has 3 heteroatoms. The molecule has 0 aliphatic carbocycles. The molecule has 1 aromatic heterocycles. The normalized spacial score (nSPS) is 10.5. The van der Waals surface area contributed by atoms with Crippen molar-refractivity contribution in [3.63, 3.8) is 0 Å². The van der Waals surface area contributed by atoms with E-state index in [2.05, 4.69) is 46.6 Å². The van der Waals surface area contributed by atoms with Gasteiger partial charge in [-0.15, -0.1) is 0 Å². The molecule has 18 heavy (non-hydrogen) atoms. The van der Waals surface area contributed by atoms with Gasteiger partial charge in [0.25, 0.3) is 0 Å². The van der Waals surface area contributed by atoms with Crippen LogP contribution in [0, 0.1) is 0 Å². The van der Waals surface area contributed by atoms with Crippen LogP contribution < -0.4 is 5.73 Å². The zero-order valence-corrected chi connectivity index (χ0v) is 10.5. The van der Waals surface area contributed by atoms with Crippen LogP contribution in [0.15, 0.2) is 42.5 Å². The molecule has 0 amide bonds. The Morgan fingerprint density at radius 3 is 2.06 bits per heavy atom. The minimum atomic E-state index is 0.706. The highest BCUT2D eigenvalue weighted by Gasteiger charge is 1.99. The molecule has 2 rings (SSSR count). The molecule has 0 saturated carbocycles. The van der Waals surface area contributed by atoms with Gasteiger partial charge in [-0.3, -0.25) is 0 Å². The number of aromatic nitrogens is 2. The summed E-state index contributed by atoms with van der Waals surface area (Å²) in [6.45, 7) is 0.706. The Morgan fingerprint density at radius 1 is 0.778 bits per heavy atom. The molecule has 94 valence electrons. The van der Waals surface area contributed by atoms with E-state index in [1.54, 1.807) is 0 Å². The van der Waals surface area contributed by atoms with Gasteiger partial charge in [-0.2, -0.15) is 10.2 Å². The second-order valence-corrected chi connectivity index (χ2v) is 4.39. The van der Waals surface area contributed by atoms with E-state index >= 15 is 0 Å². The first kappa shape index (κ1) is 12.7. The fourth-order valence-electron chi connectivity index (χ4n) is 1.85. The fraction of sp³-hybridized carbons (Fsp3) is 0.333. The minimum absolute atomic E-state index is 0.706. The first-order valence-corrected chi connectivity index (χ1v) is 6.44. The molecule has 0 aliphatic rings. The second kappa shape index (κ2) is 6.87. The Hall–Kier alpha value is -1.74. The molecule has 0 atom stereocenters. The standard InChI is InChI=1S/C15H19N3/c16-12-4-7-14-10-11-15(18-17-14)9-8-13-5-2-1-3-6-13/h1-3,5-6,10-11H,4,7-9,12,16H2. The molecule has 0 radical (unpaired) electrons. The van der Waals surface area contributed by atoms with Gasteiger partial charge in [0.05, 0.1) is 11.4 Å². The van der Waals surface area contributed by atoms with E-state index < -0.39 is 0 Å². The Labute approximate surface area is 108 Å². The van der Waals surface area contributed by atoms with Gasteiger partial charge in [-0.1, -0.05) is 30.3 Å². The maximum atomic E-state index is 5.47. The summed E-state index contributed by atoms with van der Waals surface area (Å²) in [7, 11) is 0. The quantitative estimate of drug-likeness (QED) is 0.843. The van der Waals surface area contributed by atoms with Gasteiger partial charge >= 0.3 is 0 Å². The zero-order chi connectivity index (χ0) is 12.6. The third kappa shape index (κ3) is 3.93. The highest BCUT2D eigenvalue weighted by molar-refractivity contribution is 5.16. The first-order valence-electron chi connectivity index (χ1n) is 6.44. The van der Waals surface area contributed by atoms with Gasteiger partial charge in [0.2, 0.25) is 0 Å². The predicted molar refractivity (Wildman–Crippen MR) is 73.3 cm³/mol. The molecule has 0 bridgehead atoms. The highest BCUT2D eigenvalue weighted by Crippen LogP contribution is 2.05. The van der Waals surface area contributed by atoms with E-state index in [1.165, 1.54) is 5.56 Å². The van der Waals surface area contributed by atoms with Crippen LogP contribution in [0.2, 0.25) is 0 Å². The summed E-state index contributed by atoms with van der Waals surface area (Å²) in [5, 5.41) is 8.48. The van der Waals surface area contributed by atoms with Crippen LogP contribution in [-0.4, -0.2) is 16.7 Å². The Bertz CT molecular complexity index is 451. The van der Waals surface area contributed by atoms with Crippen molar-refractivity contribution in [3.8, 4) is 0 Å². The van der Waals surface area contributed by atoms with Gasteiger partial charge in [-0.25, -0.2) is 0 Å². The van der Waals surface area contributed by atoms with Gasteiger partial charge in [0, 0.05) is 0 Å². The maximum Gasteiger partial charge on any atom is 0.0634 e. The summed E-state index contributed by atoms with van der Waals surface area (Å²) < 4.78 is 0. The molecule has 3 nitrogen and oxygen atoms in total. The van der Waals surface area contributed by atoms with Gasteiger partial charge in [0.15, 0.2) is 0 Å². The lowest BCUT2D eigenvalue weighted by atomic mass is 10.1. The van der Waals surface area contributed by atoms with Crippen LogP contribution in [-0.2, 0) is 19.3 Å². The third-order valence-electron chi connectivity index (χ3n) is 2.92. The first-order chi connectivity index (χ1) is 8.88. The van der Waals surface area contributed by atoms with Crippen LogP contribution >= 0.6 is 0 Å². The highest BCUT2D eigenvalue weighted by atomic mass is 15.1. The van der Waals surface area contributed by atoms with E-state index in [1.807, 2.05) is 6.07 Å². The van der Waals surface area contributed by atoms with Crippen molar-refractivity contribution in [3.05, 3.63) is 59.4 Å². The van der Waals surface area contributed by atoms with Crippen molar-refractivity contribution < 1.29 is 0 Å². The summed E-state index contributed by atoms with van der Waals surface area (Å²) in [6.07, 6.45) is 3.84. The SMILES string of the molecule is NCCCc1ccc(CCc2ccccc2)nn1. The van der Waals surface area contributed by atoms with Gasteiger partial charge < -0.3 is 5.73 Å². The molecule has 0 spiro atoms. The van der Waals surface area contributed by atoms with E-state index in [-0.39, 0.29) is 0 Å². The lowest BCUT2D eigenvalue weighted by Crippen LogP contribution is -2.03. The average molecular weight is 241 g/mol. The van der Waals surface area contributed by atoms with Crippen molar-refractivity contribution in [2.24, 2.45) is 5.73 Å². The summed E-state index contributed by atoms with van der Waals surface area (Å²) in [6, 6.07) is 14.6. The molecule has 2 N–H and O–H groups in total. The fourth-order valence-corrected chi connectivity index (χ4v) is 1.85. The Kier molecular flexibility index (Phi) is 4.85. The third-order valence-corrected chi connectivity index (χ3v) is 2.92. The van der Waals surface area contributed by atoms with E-state index in [0.717, 1.165) is 37.1 Å². The minimum Gasteiger partial charge on any atom is -0.330 e. The summed E-state index contributed by atoms with van der Waals surface area (Å²) in [5.41, 5.74) is 8.89. The largest absolute Gasteiger partial charge is 0.330 e. The van der Waals surface area contributed by atoms with Crippen LogP contribution in [0.3, 0.4) is 0 Å². The lowest BCUT2D eigenvalue weighted by Gasteiger charge is -2.02. The molecular weight excluding hydrogens is 222 g/mol. The van der Waals surface area contributed by atoms with E-state index in [4.69, 9.17) is 5.73 Å². The Balaban J connectivity index is 1.86. The van der Waals surface area contributed by atoms with Crippen molar-refractivity contribution >= 4 is 0 Å². The molecule has 0 saturated heterocycles. The molecule has 1 aromatic carbocycles. The van der Waals surface area contributed by atoms with Gasteiger partial charge in [-0.05, 0) is 49.9 Å². The molecular formula is C15H19N3. The molecule has 1 heterocycles.